The van der Waals surface area contributed by atoms with E-state index in [2.05, 4.69) is 24.1 Å². The summed E-state index contributed by atoms with van der Waals surface area (Å²) in [6, 6.07) is 0.936. The maximum atomic E-state index is 11.6. The van der Waals surface area contributed by atoms with Gasteiger partial charge in [-0.1, -0.05) is 13.3 Å². The van der Waals surface area contributed by atoms with Crippen LogP contribution in [-0.4, -0.2) is 56.5 Å². The molecule has 1 atom stereocenters. The van der Waals surface area contributed by atoms with Gasteiger partial charge in [0.1, 0.15) is 0 Å². The fourth-order valence-corrected chi connectivity index (χ4v) is 3.13. The number of rotatable bonds is 7. The van der Waals surface area contributed by atoms with E-state index in [9.17, 15) is 8.42 Å². The highest BCUT2D eigenvalue weighted by Crippen LogP contribution is 2.10. The van der Waals surface area contributed by atoms with E-state index in [-0.39, 0.29) is 11.5 Å². The molecule has 1 saturated heterocycles. The van der Waals surface area contributed by atoms with E-state index in [0.717, 1.165) is 13.1 Å². The molecule has 108 valence electrons. The summed E-state index contributed by atoms with van der Waals surface area (Å²) in [4.78, 5) is 2.29. The molecule has 0 radical (unpaired) electrons. The summed E-state index contributed by atoms with van der Waals surface area (Å²) in [6.07, 6.45) is 3.77. The quantitative estimate of drug-likeness (QED) is 0.761. The number of nitrogens with one attached hydrogen (secondary N) is 1. The lowest BCUT2D eigenvalue weighted by atomic mass is 10.0. The fraction of sp³-hybridized carbons (Fsp3) is 1.00. The number of hydrogen-bond acceptors (Lipinski definition) is 4. The predicted octanol–water partition coefficient (Wildman–Crippen LogP) is 1.27. The highest BCUT2D eigenvalue weighted by Gasteiger charge is 2.20. The number of nitrogens with zero attached hydrogens (tertiary/aromatic N) is 1. The molecule has 0 aliphatic carbocycles. The first-order valence-corrected chi connectivity index (χ1v) is 8.94. The summed E-state index contributed by atoms with van der Waals surface area (Å²) in [6.45, 7) is 8.73. The molecule has 0 aromatic rings. The third kappa shape index (κ3) is 5.67. The maximum absolute atomic E-state index is 11.6. The van der Waals surface area contributed by atoms with Crippen molar-refractivity contribution in [1.82, 2.24) is 10.2 Å². The Morgan fingerprint density at radius 3 is 2.56 bits per heavy atom. The molecule has 0 bridgehead atoms. The number of sulfone groups is 1. The van der Waals surface area contributed by atoms with E-state index in [4.69, 9.17) is 0 Å². The van der Waals surface area contributed by atoms with Crippen LogP contribution in [-0.2, 0) is 9.84 Å². The van der Waals surface area contributed by atoms with Gasteiger partial charge in [0.2, 0.25) is 0 Å². The van der Waals surface area contributed by atoms with Crippen LogP contribution in [0.4, 0.5) is 0 Å². The van der Waals surface area contributed by atoms with Crippen molar-refractivity contribution in [2.24, 2.45) is 0 Å². The van der Waals surface area contributed by atoms with E-state index in [1.807, 2.05) is 0 Å². The lowest BCUT2D eigenvalue weighted by molar-refractivity contribution is 0.194. The SMILES string of the molecule is CCS(=O)(=O)CCN(CC1CCCCN1)C(C)C. The zero-order valence-corrected chi connectivity index (χ0v) is 12.8. The first kappa shape index (κ1) is 15.9. The zero-order chi connectivity index (χ0) is 13.6. The molecule has 1 aliphatic rings. The van der Waals surface area contributed by atoms with Gasteiger partial charge in [-0.05, 0) is 33.2 Å². The maximum Gasteiger partial charge on any atom is 0.151 e. The molecule has 4 nitrogen and oxygen atoms in total. The van der Waals surface area contributed by atoms with Gasteiger partial charge >= 0.3 is 0 Å². The van der Waals surface area contributed by atoms with Gasteiger partial charge in [0, 0.05) is 30.9 Å². The van der Waals surface area contributed by atoms with Gasteiger partial charge in [-0.25, -0.2) is 8.42 Å². The monoisotopic (exact) mass is 276 g/mol. The van der Waals surface area contributed by atoms with Gasteiger partial charge in [-0.15, -0.1) is 0 Å². The van der Waals surface area contributed by atoms with Gasteiger partial charge in [0.15, 0.2) is 9.84 Å². The minimum absolute atomic E-state index is 0.251. The van der Waals surface area contributed by atoms with E-state index < -0.39 is 9.84 Å². The molecule has 18 heavy (non-hydrogen) atoms. The molecular weight excluding hydrogens is 248 g/mol. The Kier molecular flexibility index (Phi) is 6.60. The molecule has 0 spiro atoms. The van der Waals surface area contributed by atoms with Crippen molar-refractivity contribution in [3.63, 3.8) is 0 Å². The summed E-state index contributed by atoms with van der Waals surface area (Å²) in [5.74, 6) is 0.537. The topological polar surface area (TPSA) is 49.4 Å². The van der Waals surface area contributed by atoms with E-state index in [1.54, 1.807) is 6.92 Å². The van der Waals surface area contributed by atoms with E-state index in [0.29, 0.717) is 18.6 Å². The smallest absolute Gasteiger partial charge is 0.151 e. The Hall–Kier alpha value is -0.130. The van der Waals surface area contributed by atoms with Crippen LogP contribution in [0, 0.1) is 0 Å². The fourth-order valence-electron chi connectivity index (χ4n) is 2.32. The Labute approximate surface area is 112 Å². The molecule has 1 aliphatic heterocycles. The third-order valence-corrected chi connectivity index (χ3v) is 5.41. The Bertz CT molecular complexity index is 322. The second-order valence-corrected chi connectivity index (χ2v) is 7.94. The highest BCUT2D eigenvalue weighted by atomic mass is 32.2. The predicted molar refractivity (Wildman–Crippen MR) is 76.7 cm³/mol. The van der Waals surface area contributed by atoms with Crippen molar-refractivity contribution in [3.8, 4) is 0 Å². The van der Waals surface area contributed by atoms with E-state index >= 15 is 0 Å². The average Bonchev–Trinajstić information content (AvgIpc) is 2.35. The lowest BCUT2D eigenvalue weighted by Crippen LogP contribution is -2.47. The second-order valence-electron chi connectivity index (χ2n) is 5.47. The summed E-state index contributed by atoms with van der Waals surface area (Å²) in [7, 11) is -2.85. The molecule has 0 amide bonds. The van der Waals surface area contributed by atoms with Crippen LogP contribution >= 0.6 is 0 Å². The molecule has 0 aromatic carbocycles. The zero-order valence-electron chi connectivity index (χ0n) is 12.0. The molecule has 1 fully saturated rings. The summed E-state index contributed by atoms with van der Waals surface area (Å²) >= 11 is 0. The Morgan fingerprint density at radius 1 is 1.33 bits per heavy atom. The minimum Gasteiger partial charge on any atom is -0.313 e. The molecule has 5 heteroatoms. The highest BCUT2D eigenvalue weighted by molar-refractivity contribution is 7.91. The van der Waals surface area contributed by atoms with E-state index in [1.165, 1.54) is 19.3 Å². The molecular formula is C13H28N2O2S. The summed E-state index contributed by atoms with van der Waals surface area (Å²) < 4.78 is 23.2. The number of hydrogen-bond donors (Lipinski definition) is 1. The van der Waals surface area contributed by atoms with Crippen LogP contribution in [0.2, 0.25) is 0 Å². The van der Waals surface area contributed by atoms with Gasteiger partial charge in [-0.2, -0.15) is 0 Å². The summed E-state index contributed by atoms with van der Waals surface area (Å²) in [5.41, 5.74) is 0. The van der Waals surface area contributed by atoms with Crippen LogP contribution in [0.25, 0.3) is 0 Å². The minimum atomic E-state index is -2.85. The van der Waals surface area contributed by atoms with Crippen LogP contribution in [0.5, 0.6) is 0 Å². The molecule has 1 heterocycles. The van der Waals surface area contributed by atoms with Crippen LogP contribution in [0.3, 0.4) is 0 Å². The van der Waals surface area contributed by atoms with Gasteiger partial charge in [-0.3, -0.25) is 4.90 Å². The normalized spacial score (nSPS) is 21.7. The first-order valence-electron chi connectivity index (χ1n) is 7.12. The van der Waals surface area contributed by atoms with Gasteiger partial charge in [0.25, 0.3) is 0 Å². The molecule has 1 rings (SSSR count). The van der Waals surface area contributed by atoms with Crippen LogP contribution < -0.4 is 5.32 Å². The van der Waals surface area contributed by atoms with Crippen molar-refractivity contribution in [2.45, 2.75) is 52.1 Å². The van der Waals surface area contributed by atoms with Crippen molar-refractivity contribution in [2.75, 3.05) is 31.1 Å². The Morgan fingerprint density at radius 2 is 2.06 bits per heavy atom. The van der Waals surface area contributed by atoms with Crippen molar-refractivity contribution >= 4 is 9.84 Å². The Balaban J connectivity index is 2.44. The lowest BCUT2D eigenvalue weighted by Gasteiger charge is -2.33. The van der Waals surface area contributed by atoms with Crippen molar-refractivity contribution in [1.29, 1.82) is 0 Å². The second kappa shape index (κ2) is 7.46. The largest absolute Gasteiger partial charge is 0.313 e. The molecule has 0 aromatic heterocycles. The molecule has 1 N–H and O–H groups in total. The third-order valence-electron chi connectivity index (χ3n) is 3.73. The summed E-state index contributed by atoms with van der Waals surface area (Å²) in [5, 5.41) is 3.52. The molecule has 1 unspecified atom stereocenters. The first-order chi connectivity index (χ1) is 8.44. The van der Waals surface area contributed by atoms with Crippen LogP contribution in [0.1, 0.15) is 40.0 Å². The van der Waals surface area contributed by atoms with Gasteiger partial charge in [0.05, 0.1) is 5.75 Å². The molecule has 0 saturated carbocycles. The van der Waals surface area contributed by atoms with Gasteiger partial charge < -0.3 is 5.32 Å². The van der Waals surface area contributed by atoms with Crippen molar-refractivity contribution < 1.29 is 8.42 Å². The van der Waals surface area contributed by atoms with Crippen LogP contribution in [0.15, 0.2) is 0 Å². The standard InChI is InChI=1S/C13H28N2O2S/c1-4-18(16,17)10-9-15(12(2)3)11-13-7-5-6-8-14-13/h12-14H,4-11H2,1-3H3. The van der Waals surface area contributed by atoms with Crippen molar-refractivity contribution in [3.05, 3.63) is 0 Å². The number of piperidine rings is 1. The average molecular weight is 276 g/mol.